The van der Waals surface area contributed by atoms with E-state index < -0.39 is 0 Å². The first kappa shape index (κ1) is 12.9. The van der Waals surface area contributed by atoms with Crippen molar-refractivity contribution in [2.75, 3.05) is 19.5 Å². The summed E-state index contributed by atoms with van der Waals surface area (Å²) in [7, 11) is 1.76. The van der Waals surface area contributed by atoms with Crippen LogP contribution in [0.25, 0.3) is 0 Å². The summed E-state index contributed by atoms with van der Waals surface area (Å²) < 4.78 is 5.13. The minimum Gasteiger partial charge on any atom is -0.385 e. The van der Waals surface area contributed by atoms with Crippen LogP contribution in [-0.2, 0) is 10.5 Å². The smallest absolute Gasteiger partial charge is 0.0476 e. The lowest BCUT2D eigenvalue weighted by Crippen LogP contribution is -2.34. The number of hydrogen-bond donors (Lipinski definition) is 1. The summed E-state index contributed by atoms with van der Waals surface area (Å²) in [6, 6.07) is 9.79. The second kappa shape index (κ2) is 6.43. The quantitative estimate of drug-likeness (QED) is 0.869. The fourth-order valence-corrected chi connectivity index (χ4v) is 3.35. The van der Waals surface area contributed by atoms with E-state index in [0.29, 0.717) is 12.1 Å². The molecule has 1 heterocycles. The lowest BCUT2D eigenvalue weighted by atomic mass is 10.0. The predicted molar refractivity (Wildman–Crippen MR) is 74.4 cm³/mol. The normalized spacial score (nSPS) is 20.9. The molecule has 1 aromatic rings. The van der Waals surface area contributed by atoms with Gasteiger partial charge in [0.15, 0.2) is 0 Å². The Bertz CT molecular complexity index is 356. The molecule has 0 saturated carbocycles. The summed E-state index contributed by atoms with van der Waals surface area (Å²) in [4.78, 5) is 0. The second-order valence-corrected chi connectivity index (χ2v) is 5.65. The molecular formula is C14H21NOS. The highest BCUT2D eigenvalue weighted by atomic mass is 32.2. The van der Waals surface area contributed by atoms with Gasteiger partial charge in [0, 0.05) is 37.3 Å². The minimum atomic E-state index is 0.497. The van der Waals surface area contributed by atoms with Crippen molar-refractivity contribution in [3.05, 3.63) is 35.4 Å². The molecule has 1 N–H and O–H groups in total. The third-order valence-corrected chi connectivity index (χ3v) is 4.30. The maximum atomic E-state index is 5.13. The fourth-order valence-electron chi connectivity index (χ4n) is 2.24. The van der Waals surface area contributed by atoms with Gasteiger partial charge in [-0.15, -0.1) is 0 Å². The van der Waals surface area contributed by atoms with Crippen molar-refractivity contribution in [3.63, 3.8) is 0 Å². The molecule has 0 aromatic heterocycles. The molecule has 1 aliphatic rings. The van der Waals surface area contributed by atoms with Crippen molar-refractivity contribution < 1.29 is 4.74 Å². The highest BCUT2D eigenvalue weighted by molar-refractivity contribution is 7.98. The third kappa shape index (κ3) is 3.47. The number of ether oxygens (including phenoxy) is 1. The van der Waals surface area contributed by atoms with Crippen molar-refractivity contribution in [1.29, 1.82) is 0 Å². The summed E-state index contributed by atoms with van der Waals surface area (Å²) in [6.45, 7) is 3.07. The van der Waals surface area contributed by atoms with Gasteiger partial charge in [-0.25, -0.2) is 0 Å². The van der Waals surface area contributed by atoms with E-state index in [4.69, 9.17) is 4.74 Å². The highest BCUT2D eigenvalue weighted by Gasteiger charge is 2.20. The number of thioether (sulfide) groups is 1. The molecule has 3 heteroatoms. The SMILES string of the molecule is COCCC(C)NC1CSCc2ccccc21. The Morgan fingerprint density at radius 1 is 1.47 bits per heavy atom. The van der Waals surface area contributed by atoms with E-state index in [-0.39, 0.29) is 0 Å². The number of nitrogens with one attached hydrogen (secondary N) is 1. The number of rotatable bonds is 5. The van der Waals surface area contributed by atoms with Gasteiger partial charge in [-0.3, -0.25) is 0 Å². The number of hydrogen-bond acceptors (Lipinski definition) is 3. The molecule has 0 fully saturated rings. The Morgan fingerprint density at radius 3 is 3.12 bits per heavy atom. The Labute approximate surface area is 108 Å². The van der Waals surface area contributed by atoms with Gasteiger partial charge >= 0.3 is 0 Å². The maximum absolute atomic E-state index is 5.13. The highest BCUT2D eigenvalue weighted by Crippen LogP contribution is 2.31. The molecule has 0 radical (unpaired) electrons. The molecule has 0 amide bonds. The number of fused-ring (bicyclic) bond motifs is 1. The lowest BCUT2D eigenvalue weighted by molar-refractivity contribution is 0.183. The zero-order valence-corrected chi connectivity index (χ0v) is 11.4. The Kier molecular flexibility index (Phi) is 4.89. The van der Waals surface area contributed by atoms with Gasteiger partial charge in [0.05, 0.1) is 0 Å². The molecule has 0 spiro atoms. The zero-order valence-electron chi connectivity index (χ0n) is 10.6. The third-order valence-electron chi connectivity index (χ3n) is 3.21. The predicted octanol–water partition coefficient (Wildman–Crippen LogP) is 2.99. The van der Waals surface area contributed by atoms with Gasteiger partial charge in [-0.05, 0) is 24.5 Å². The Balaban J connectivity index is 1.98. The lowest BCUT2D eigenvalue weighted by Gasteiger charge is -2.29. The van der Waals surface area contributed by atoms with E-state index in [0.717, 1.165) is 18.8 Å². The second-order valence-electron chi connectivity index (χ2n) is 4.62. The maximum Gasteiger partial charge on any atom is 0.0476 e. The first-order valence-corrected chi connectivity index (χ1v) is 7.37. The molecule has 94 valence electrons. The molecule has 0 saturated heterocycles. The largest absolute Gasteiger partial charge is 0.385 e. The van der Waals surface area contributed by atoms with Gasteiger partial charge in [-0.2, -0.15) is 11.8 Å². The number of methoxy groups -OCH3 is 1. The van der Waals surface area contributed by atoms with E-state index >= 15 is 0 Å². The molecule has 17 heavy (non-hydrogen) atoms. The first-order valence-electron chi connectivity index (χ1n) is 6.22. The van der Waals surface area contributed by atoms with Crippen LogP contribution in [0.2, 0.25) is 0 Å². The average molecular weight is 251 g/mol. The van der Waals surface area contributed by atoms with Gasteiger partial charge in [0.1, 0.15) is 0 Å². The molecule has 2 rings (SSSR count). The van der Waals surface area contributed by atoms with Crippen molar-refractivity contribution in [2.45, 2.75) is 31.2 Å². The van der Waals surface area contributed by atoms with E-state index in [1.807, 2.05) is 11.8 Å². The summed E-state index contributed by atoms with van der Waals surface area (Å²) in [5.74, 6) is 2.33. The van der Waals surface area contributed by atoms with Crippen molar-refractivity contribution in [2.24, 2.45) is 0 Å². The van der Waals surface area contributed by atoms with E-state index in [2.05, 4.69) is 36.5 Å². The van der Waals surface area contributed by atoms with Crippen LogP contribution in [0, 0.1) is 0 Å². The van der Waals surface area contributed by atoms with E-state index in [1.165, 1.54) is 16.9 Å². The van der Waals surface area contributed by atoms with E-state index in [9.17, 15) is 0 Å². The van der Waals surface area contributed by atoms with Crippen LogP contribution in [0.3, 0.4) is 0 Å². The van der Waals surface area contributed by atoms with Crippen molar-refractivity contribution in [3.8, 4) is 0 Å². The topological polar surface area (TPSA) is 21.3 Å². The van der Waals surface area contributed by atoms with Crippen LogP contribution >= 0.6 is 11.8 Å². The monoisotopic (exact) mass is 251 g/mol. The molecule has 2 nitrogen and oxygen atoms in total. The minimum absolute atomic E-state index is 0.497. The molecule has 1 aliphatic heterocycles. The fraction of sp³-hybridized carbons (Fsp3) is 0.571. The van der Waals surface area contributed by atoms with Crippen LogP contribution in [-0.4, -0.2) is 25.5 Å². The standard InChI is InChI=1S/C14H21NOS/c1-11(7-8-16-2)15-14-10-17-9-12-5-3-4-6-13(12)14/h3-6,11,14-15H,7-10H2,1-2H3. The van der Waals surface area contributed by atoms with E-state index in [1.54, 1.807) is 7.11 Å². The summed E-state index contributed by atoms with van der Waals surface area (Å²) in [5.41, 5.74) is 2.97. The van der Waals surface area contributed by atoms with Crippen molar-refractivity contribution >= 4 is 11.8 Å². The summed E-state index contributed by atoms with van der Waals surface area (Å²) in [6.07, 6.45) is 1.07. The Hall–Kier alpha value is -0.510. The molecular weight excluding hydrogens is 230 g/mol. The molecule has 2 unspecified atom stereocenters. The molecule has 0 aliphatic carbocycles. The van der Waals surface area contributed by atoms with Gasteiger partial charge in [-0.1, -0.05) is 24.3 Å². The van der Waals surface area contributed by atoms with Crippen LogP contribution in [0.1, 0.15) is 30.5 Å². The van der Waals surface area contributed by atoms with Gasteiger partial charge in [0.2, 0.25) is 0 Å². The first-order chi connectivity index (χ1) is 8.31. The summed E-state index contributed by atoms with van der Waals surface area (Å²) in [5, 5.41) is 3.71. The van der Waals surface area contributed by atoms with Crippen LogP contribution in [0.15, 0.2) is 24.3 Å². The van der Waals surface area contributed by atoms with Gasteiger partial charge in [0.25, 0.3) is 0 Å². The van der Waals surface area contributed by atoms with Crippen molar-refractivity contribution in [1.82, 2.24) is 5.32 Å². The van der Waals surface area contributed by atoms with Gasteiger partial charge < -0.3 is 10.1 Å². The molecule has 2 atom stereocenters. The summed E-state index contributed by atoms with van der Waals surface area (Å²) >= 11 is 2.02. The average Bonchev–Trinajstić information content (AvgIpc) is 2.37. The van der Waals surface area contributed by atoms with Crippen LogP contribution < -0.4 is 5.32 Å². The van der Waals surface area contributed by atoms with Crippen LogP contribution in [0.5, 0.6) is 0 Å². The number of benzene rings is 1. The van der Waals surface area contributed by atoms with Crippen LogP contribution in [0.4, 0.5) is 0 Å². The zero-order chi connectivity index (χ0) is 12.1. The molecule has 1 aromatic carbocycles. The Morgan fingerprint density at radius 2 is 2.29 bits per heavy atom. The molecule has 0 bridgehead atoms.